The van der Waals surface area contributed by atoms with Crippen molar-refractivity contribution in [2.75, 3.05) is 0 Å². The molecule has 0 unspecified atom stereocenters. The van der Waals surface area contributed by atoms with Gasteiger partial charge in [0.1, 0.15) is 5.82 Å². The molecule has 194 valence electrons. The molecule has 0 saturated heterocycles. The van der Waals surface area contributed by atoms with Gasteiger partial charge in [0.15, 0.2) is 0 Å². The van der Waals surface area contributed by atoms with Crippen LogP contribution in [-0.4, -0.2) is 14.1 Å². The lowest BCUT2D eigenvalue weighted by atomic mass is 9.86. The van der Waals surface area contributed by atoms with Gasteiger partial charge in [-0.1, -0.05) is 18.2 Å². The zero-order chi connectivity index (χ0) is 28.1. The first kappa shape index (κ1) is 25.7. The molecule has 0 aliphatic rings. The molecule has 3 aromatic carbocycles. The molecule has 0 aliphatic heterocycles. The lowest BCUT2D eigenvalue weighted by Gasteiger charge is -2.16. The van der Waals surface area contributed by atoms with Gasteiger partial charge < -0.3 is 4.57 Å². The molecule has 0 radical (unpaired) electrons. The molecule has 2 heterocycles. The molecule has 5 aromatic rings. The SMILES string of the molecule is Cn1c(=NC#N)n(-c2ccc(C(C)(C)C#N)cc2)c2c3cc(-c4cc(C(F)(F)F)ccc4F)ccc3ncc21. The fourth-order valence-electron chi connectivity index (χ4n) is 4.60. The highest BCUT2D eigenvalue weighted by Gasteiger charge is 2.31. The summed E-state index contributed by atoms with van der Waals surface area (Å²) < 4.78 is 58.3. The van der Waals surface area contributed by atoms with Crippen molar-refractivity contribution in [1.82, 2.24) is 14.1 Å². The number of alkyl halides is 3. The second-order valence-corrected chi connectivity index (χ2v) is 9.61. The van der Waals surface area contributed by atoms with Crippen LogP contribution >= 0.6 is 0 Å². The number of aryl methyl sites for hydroxylation is 1. The largest absolute Gasteiger partial charge is 0.416 e. The molecular weight excluding hydrogens is 508 g/mol. The summed E-state index contributed by atoms with van der Waals surface area (Å²) in [5, 5.41) is 19.5. The zero-order valence-electron chi connectivity index (χ0n) is 21.0. The number of halogens is 4. The number of aromatic nitrogens is 3. The van der Waals surface area contributed by atoms with Gasteiger partial charge in [-0.3, -0.25) is 9.55 Å². The molecule has 39 heavy (non-hydrogen) atoms. The van der Waals surface area contributed by atoms with E-state index in [0.717, 1.165) is 17.7 Å². The molecule has 6 nitrogen and oxygen atoms in total. The minimum absolute atomic E-state index is 0.198. The number of rotatable bonds is 3. The number of imidazole rings is 1. The molecule has 2 aromatic heterocycles. The van der Waals surface area contributed by atoms with Crippen LogP contribution in [0.25, 0.3) is 38.8 Å². The highest BCUT2D eigenvalue weighted by Crippen LogP contribution is 2.35. The van der Waals surface area contributed by atoms with E-state index < -0.39 is 23.0 Å². The molecule has 0 atom stereocenters. The van der Waals surface area contributed by atoms with Crippen molar-refractivity contribution in [3.63, 3.8) is 0 Å². The van der Waals surface area contributed by atoms with E-state index in [4.69, 9.17) is 0 Å². The highest BCUT2D eigenvalue weighted by molar-refractivity contribution is 6.04. The molecule has 0 spiro atoms. The van der Waals surface area contributed by atoms with Crippen LogP contribution in [0.5, 0.6) is 0 Å². The van der Waals surface area contributed by atoms with Crippen LogP contribution in [0.1, 0.15) is 25.0 Å². The van der Waals surface area contributed by atoms with Crippen molar-refractivity contribution >= 4 is 21.9 Å². The van der Waals surface area contributed by atoms with Crippen LogP contribution in [0.4, 0.5) is 17.6 Å². The summed E-state index contributed by atoms with van der Waals surface area (Å²) >= 11 is 0. The highest BCUT2D eigenvalue weighted by atomic mass is 19.4. The van der Waals surface area contributed by atoms with Crippen molar-refractivity contribution in [1.29, 1.82) is 10.5 Å². The summed E-state index contributed by atoms with van der Waals surface area (Å²) in [4.78, 5) is 8.50. The Morgan fingerprint density at radius 1 is 0.923 bits per heavy atom. The van der Waals surface area contributed by atoms with Crippen molar-refractivity contribution in [2.45, 2.75) is 25.4 Å². The number of benzene rings is 3. The Labute approximate surface area is 220 Å². The first-order valence-corrected chi connectivity index (χ1v) is 11.8. The Kier molecular flexibility index (Phi) is 5.99. The van der Waals surface area contributed by atoms with E-state index in [9.17, 15) is 28.1 Å². The normalized spacial score (nSPS) is 12.6. The summed E-state index contributed by atoms with van der Waals surface area (Å²) in [6.45, 7) is 3.61. The molecule has 10 heteroatoms. The number of fused-ring (bicyclic) bond motifs is 3. The Hall–Kier alpha value is -4.96. The first-order chi connectivity index (χ1) is 18.5. The van der Waals surface area contributed by atoms with E-state index >= 15 is 0 Å². The molecule has 0 bridgehead atoms. The van der Waals surface area contributed by atoms with Gasteiger partial charge in [-0.2, -0.15) is 23.7 Å². The lowest BCUT2D eigenvalue weighted by Crippen LogP contribution is -2.23. The van der Waals surface area contributed by atoms with Crippen molar-refractivity contribution in [3.8, 4) is 29.1 Å². The third-order valence-corrected chi connectivity index (χ3v) is 6.79. The molecule has 0 fully saturated rings. The summed E-state index contributed by atoms with van der Waals surface area (Å²) in [5.74, 6) is -0.792. The Morgan fingerprint density at radius 2 is 1.62 bits per heavy atom. The van der Waals surface area contributed by atoms with Gasteiger partial charge in [0.25, 0.3) is 0 Å². The standard InChI is InChI=1S/C29H20F4N6/c1-28(2,15-34)18-5-8-20(9-6-18)39-26-22-12-17(21-13-19(29(31,32)33)7-10-23(21)30)4-11-24(22)36-14-25(26)38(3)27(39)37-16-35/h4-14H,1-3H3. The quantitative estimate of drug-likeness (QED) is 0.197. The van der Waals surface area contributed by atoms with Gasteiger partial charge in [0.2, 0.25) is 11.8 Å². The first-order valence-electron chi connectivity index (χ1n) is 11.8. The van der Waals surface area contributed by atoms with E-state index in [1.807, 2.05) is 18.3 Å². The van der Waals surface area contributed by atoms with E-state index in [1.54, 1.807) is 60.5 Å². The summed E-state index contributed by atoms with van der Waals surface area (Å²) in [7, 11) is 1.71. The number of hydrogen-bond donors (Lipinski definition) is 0. The fourth-order valence-corrected chi connectivity index (χ4v) is 4.60. The average molecular weight is 529 g/mol. The Morgan fingerprint density at radius 3 is 2.26 bits per heavy atom. The van der Waals surface area contributed by atoms with E-state index in [2.05, 4.69) is 16.0 Å². The van der Waals surface area contributed by atoms with E-state index in [1.165, 1.54) is 6.07 Å². The van der Waals surface area contributed by atoms with Gasteiger partial charge in [-0.25, -0.2) is 4.39 Å². The number of hydrogen-bond acceptors (Lipinski definition) is 4. The Balaban J connectivity index is 1.83. The molecular formula is C29H20F4N6. The third-order valence-electron chi connectivity index (χ3n) is 6.79. The van der Waals surface area contributed by atoms with Crippen LogP contribution in [-0.2, 0) is 18.6 Å². The summed E-state index contributed by atoms with van der Waals surface area (Å²) in [5.41, 5.74) is 1.77. The molecule has 0 amide bonds. The predicted molar refractivity (Wildman–Crippen MR) is 138 cm³/mol. The second-order valence-electron chi connectivity index (χ2n) is 9.61. The third kappa shape index (κ3) is 4.30. The van der Waals surface area contributed by atoms with Gasteiger partial charge in [0.05, 0.1) is 39.8 Å². The van der Waals surface area contributed by atoms with Crippen LogP contribution in [0.15, 0.2) is 71.9 Å². The maximum absolute atomic E-state index is 14.8. The van der Waals surface area contributed by atoms with Gasteiger partial charge >= 0.3 is 6.18 Å². The van der Waals surface area contributed by atoms with Crippen LogP contribution < -0.4 is 5.62 Å². The monoisotopic (exact) mass is 528 g/mol. The van der Waals surface area contributed by atoms with Crippen LogP contribution in [0.2, 0.25) is 0 Å². The number of pyridine rings is 1. The van der Waals surface area contributed by atoms with Crippen molar-refractivity contribution < 1.29 is 17.6 Å². The molecule has 0 saturated carbocycles. The van der Waals surface area contributed by atoms with Gasteiger partial charge in [-0.15, -0.1) is 4.99 Å². The summed E-state index contributed by atoms with van der Waals surface area (Å²) in [6.07, 6.45) is -1.20. The van der Waals surface area contributed by atoms with Crippen molar-refractivity contribution in [3.05, 3.63) is 89.4 Å². The van der Waals surface area contributed by atoms with Crippen LogP contribution in [0.3, 0.4) is 0 Å². The smallest absolute Gasteiger partial charge is 0.311 e. The summed E-state index contributed by atoms with van der Waals surface area (Å²) in [6, 6.07) is 16.5. The number of nitrogens with zero attached hydrogens (tertiary/aromatic N) is 6. The zero-order valence-corrected chi connectivity index (χ0v) is 21.0. The fraction of sp³-hybridized carbons (Fsp3) is 0.172. The topological polar surface area (TPSA) is 82.7 Å². The van der Waals surface area contributed by atoms with Crippen LogP contribution in [0, 0.1) is 28.6 Å². The van der Waals surface area contributed by atoms with Gasteiger partial charge in [0, 0.05) is 23.7 Å². The van der Waals surface area contributed by atoms with Gasteiger partial charge in [-0.05, 0) is 67.4 Å². The molecule has 0 aliphatic carbocycles. The minimum atomic E-state index is -4.63. The second kappa shape index (κ2) is 9.10. The Bertz CT molecular complexity index is 1910. The lowest BCUT2D eigenvalue weighted by molar-refractivity contribution is -0.137. The number of nitriles is 2. The molecule has 0 N–H and O–H groups in total. The van der Waals surface area contributed by atoms with E-state index in [-0.39, 0.29) is 16.7 Å². The average Bonchev–Trinajstić information content (AvgIpc) is 3.20. The van der Waals surface area contributed by atoms with Crippen molar-refractivity contribution in [2.24, 2.45) is 12.0 Å². The maximum Gasteiger partial charge on any atom is 0.416 e. The van der Waals surface area contributed by atoms with E-state index in [0.29, 0.717) is 33.7 Å². The predicted octanol–water partition coefficient (Wildman–Crippen LogP) is 6.53. The minimum Gasteiger partial charge on any atom is -0.311 e. The molecule has 5 rings (SSSR count). The maximum atomic E-state index is 14.8.